The molecule has 8 heteroatoms. The lowest BCUT2D eigenvalue weighted by molar-refractivity contribution is -0.113. The van der Waals surface area contributed by atoms with Gasteiger partial charge in [0.2, 0.25) is 0 Å². The standard InChI is InChI=1S/C16H11ClN2O4S/c1-22-15(21)10-6-8(2-4-11(10)17)12-5-3-9(23-12)7-13-14(20)19-16(18)24-13/h2-7H,1H3,(H2,18,19,20). The first kappa shape index (κ1) is 16.4. The molecule has 1 amide bonds. The van der Waals surface area contributed by atoms with E-state index in [0.717, 1.165) is 11.8 Å². The van der Waals surface area contributed by atoms with Gasteiger partial charge in [0.15, 0.2) is 5.17 Å². The zero-order valence-electron chi connectivity index (χ0n) is 12.4. The molecule has 1 aromatic carbocycles. The van der Waals surface area contributed by atoms with Crippen LogP contribution < -0.4 is 5.73 Å². The molecule has 1 aliphatic heterocycles. The molecule has 0 saturated heterocycles. The summed E-state index contributed by atoms with van der Waals surface area (Å²) in [6.07, 6.45) is 1.57. The van der Waals surface area contributed by atoms with E-state index in [4.69, 9.17) is 26.5 Å². The third-order valence-corrected chi connectivity index (χ3v) is 4.34. The molecule has 0 spiro atoms. The van der Waals surface area contributed by atoms with Gasteiger partial charge < -0.3 is 14.9 Å². The second-order valence-electron chi connectivity index (χ2n) is 4.75. The molecule has 122 valence electrons. The minimum absolute atomic E-state index is 0.207. The molecule has 0 fully saturated rings. The first-order chi connectivity index (χ1) is 11.5. The SMILES string of the molecule is COC(=O)c1cc(-c2ccc(C=C3SC(N)=NC3=O)o2)ccc1Cl. The fourth-order valence-corrected chi connectivity index (χ4v) is 2.94. The lowest BCUT2D eigenvalue weighted by Crippen LogP contribution is -2.02. The van der Waals surface area contributed by atoms with Crippen molar-refractivity contribution in [3.05, 3.63) is 51.6 Å². The quantitative estimate of drug-likeness (QED) is 0.664. The maximum atomic E-state index is 11.7. The van der Waals surface area contributed by atoms with Crippen molar-refractivity contribution in [3.63, 3.8) is 0 Å². The molecule has 0 radical (unpaired) electrons. The summed E-state index contributed by atoms with van der Waals surface area (Å²) in [6.45, 7) is 0. The topological polar surface area (TPSA) is 94.9 Å². The zero-order chi connectivity index (χ0) is 17.3. The highest BCUT2D eigenvalue weighted by atomic mass is 35.5. The Labute approximate surface area is 146 Å². The van der Waals surface area contributed by atoms with E-state index >= 15 is 0 Å². The second-order valence-corrected chi connectivity index (χ2v) is 6.22. The summed E-state index contributed by atoms with van der Waals surface area (Å²) in [6, 6.07) is 8.33. The summed E-state index contributed by atoms with van der Waals surface area (Å²) < 4.78 is 10.4. The van der Waals surface area contributed by atoms with Crippen molar-refractivity contribution in [2.45, 2.75) is 0 Å². The highest BCUT2D eigenvalue weighted by Crippen LogP contribution is 2.30. The Morgan fingerprint density at radius 3 is 2.83 bits per heavy atom. The van der Waals surface area contributed by atoms with Crippen molar-refractivity contribution in [3.8, 4) is 11.3 Å². The van der Waals surface area contributed by atoms with Crippen molar-refractivity contribution in [2.75, 3.05) is 7.11 Å². The Morgan fingerprint density at radius 2 is 2.17 bits per heavy atom. The van der Waals surface area contributed by atoms with Crippen LogP contribution in [0.15, 0.2) is 44.6 Å². The highest BCUT2D eigenvalue weighted by molar-refractivity contribution is 8.18. The van der Waals surface area contributed by atoms with Crippen molar-refractivity contribution in [2.24, 2.45) is 10.7 Å². The maximum Gasteiger partial charge on any atom is 0.339 e. The number of esters is 1. The van der Waals surface area contributed by atoms with Crippen LogP contribution in [0.3, 0.4) is 0 Å². The smallest absolute Gasteiger partial charge is 0.339 e. The molecule has 0 atom stereocenters. The van der Waals surface area contributed by atoms with E-state index in [-0.39, 0.29) is 10.7 Å². The average molecular weight is 363 g/mol. The van der Waals surface area contributed by atoms with Gasteiger partial charge in [0.1, 0.15) is 11.5 Å². The number of benzene rings is 1. The summed E-state index contributed by atoms with van der Waals surface area (Å²) in [5, 5.41) is 0.499. The van der Waals surface area contributed by atoms with Gasteiger partial charge in [0, 0.05) is 11.6 Å². The van der Waals surface area contributed by atoms with Crippen molar-refractivity contribution >= 4 is 46.5 Å². The fraction of sp³-hybridized carbons (Fsp3) is 0.0625. The van der Waals surface area contributed by atoms with Crippen molar-refractivity contribution in [1.82, 2.24) is 0 Å². The number of methoxy groups -OCH3 is 1. The molecule has 2 heterocycles. The summed E-state index contributed by atoms with van der Waals surface area (Å²) >= 11 is 7.09. The minimum Gasteiger partial charge on any atom is -0.465 e. The number of hydrogen-bond donors (Lipinski definition) is 1. The summed E-state index contributed by atoms with van der Waals surface area (Å²) in [4.78, 5) is 27.3. The van der Waals surface area contributed by atoms with E-state index in [1.54, 1.807) is 36.4 Å². The van der Waals surface area contributed by atoms with Crippen LogP contribution in [0.1, 0.15) is 16.1 Å². The number of carbonyl (C=O) groups excluding carboxylic acids is 2. The van der Waals surface area contributed by atoms with E-state index in [1.807, 2.05) is 0 Å². The zero-order valence-corrected chi connectivity index (χ0v) is 14.0. The van der Waals surface area contributed by atoms with Crippen LogP contribution in [-0.2, 0) is 9.53 Å². The largest absolute Gasteiger partial charge is 0.465 e. The van der Waals surface area contributed by atoms with Gasteiger partial charge >= 0.3 is 5.97 Å². The molecular weight excluding hydrogens is 352 g/mol. The number of ether oxygens (including phenoxy) is 1. The molecule has 0 saturated carbocycles. The number of amidine groups is 1. The molecule has 1 aliphatic rings. The number of aliphatic imine (C=N–C) groups is 1. The highest BCUT2D eigenvalue weighted by Gasteiger charge is 2.20. The molecule has 1 aromatic heterocycles. The number of thioether (sulfide) groups is 1. The minimum atomic E-state index is -0.531. The Kier molecular flexibility index (Phi) is 4.46. The van der Waals surface area contributed by atoms with Gasteiger partial charge in [-0.15, -0.1) is 0 Å². The Hall–Kier alpha value is -2.51. The van der Waals surface area contributed by atoms with E-state index in [0.29, 0.717) is 27.0 Å². The van der Waals surface area contributed by atoms with Gasteiger partial charge in [-0.3, -0.25) is 4.79 Å². The Balaban J connectivity index is 1.90. The molecule has 0 aliphatic carbocycles. The van der Waals surface area contributed by atoms with E-state index in [1.165, 1.54) is 7.11 Å². The number of amides is 1. The number of rotatable bonds is 3. The first-order valence-electron chi connectivity index (χ1n) is 6.74. The molecule has 2 aromatic rings. The molecule has 2 N–H and O–H groups in total. The van der Waals surface area contributed by atoms with Crippen LogP contribution >= 0.6 is 23.4 Å². The van der Waals surface area contributed by atoms with Crippen LogP contribution in [0.4, 0.5) is 0 Å². The predicted molar refractivity (Wildman–Crippen MR) is 92.7 cm³/mol. The molecule has 6 nitrogen and oxygen atoms in total. The number of nitrogens with zero attached hydrogens (tertiary/aromatic N) is 1. The summed E-state index contributed by atoms with van der Waals surface area (Å²) in [5.41, 5.74) is 6.41. The fourth-order valence-electron chi connectivity index (χ4n) is 2.09. The van der Waals surface area contributed by atoms with Crippen LogP contribution in [0.2, 0.25) is 5.02 Å². The third-order valence-electron chi connectivity index (χ3n) is 3.19. The Bertz CT molecular complexity index is 901. The second kappa shape index (κ2) is 6.54. The normalized spacial score (nSPS) is 15.7. The number of halogens is 1. The predicted octanol–water partition coefficient (Wildman–Crippen LogP) is 3.32. The van der Waals surface area contributed by atoms with Crippen LogP contribution in [-0.4, -0.2) is 24.2 Å². The van der Waals surface area contributed by atoms with Crippen LogP contribution in [0, 0.1) is 0 Å². The van der Waals surface area contributed by atoms with Gasteiger partial charge in [-0.2, -0.15) is 4.99 Å². The lowest BCUT2D eigenvalue weighted by atomic mass is 10.1. The van der Waals surface area contributed by atoms with E-state index in [9.17, 15) is 9.59 Å². The van der Waals surface area contributed by atoms with Gasteiger partial charge in [-0.05, 0) is 42.1 Å². The molecule has 0 bridgehead atoms. The van der Waals surface area contributed by atoms with Gasteiger partial charge in [0.05, 0.1) is 22.6 Å². The summed E-state index contributed by atoms with van der Waals surface area (Å²) in [7, 11) is 1.28. The number of carbonyl (C=O) groups is 2. The lowest BCUT2D eigenvalue weighted by Gasteiger charge is -2.04. The number of nitrogens with two attached hydrogens (primary N) is 1. The van der Waals surface area contributed by atoms with Gasteiger partial charge in [-0.1, -0.05) is 11.6 Å². The van der Waals surface area contributed by atoms with Gasteiger partial charge in [-0.25, -0.2) is 4.79 Å². The van der Waals surface area contributed by atoms with Crippen LogP contribution in [0.25, 0.3) is 17.4 Å². The maximum absolute atomic E-state index is 11.7. The Morgan fingerprint density at radius 1 is 1.38 bits per heavy atom. The van der Waals surface area contributed by atoms with Crippen molar-refractivity contribution in [1.29, 1.82) is 0 Å². The third kappa shape index (κ3) is 3.22. The number of furan rings is 1. The number of hydrogen-bond acceptors (Lipinski definition) is 6. The molecular formula is C16H11ClN2O4S. The van der Waals surface area contributed by atoms with Crippen LogP contribution in [0.5, 0.6) is 0 Å². The molecule has 24 heavy (non-hydrogen) atoms. The average Bonchev–Trinajstić information content (AvgIpc) is 3.14. The first-order valence-corrected chi connectivity index (χ1v) is 7.93. The van der Waals surface area contributed by atoms with Gasteiger partial charge in [0.25, 0.3) is 5.91 Å². The molecule has 3 rings (SSSR count). The van der Waals surface area contributed by atoms with Crippen molar-refractivity contribution < 1.29 is 18.7 Å². The molecule has 0 unspecified atom stereocenters. The monoisotopic (exact) mass is 362 g/mol. The van der Waals surface area contributed by atoms with E-state index < -0.39 is 11.9 Å². The van der Waals surface area contributed by atoms with E-state index in [2.05, 4.69) is 4.99 Å². The summed E-state index contributed by atoms with van der Waals surface area (Å²) in [5.74, 6) is 0.0690.